The second kappa shape index (κ2) is 14.2. The summed E-state index contributed by atoms with van der Waals surface area (Å²) in [6.45, 7) is 5.10. The predicted molar refractivity (Wildman–Crippen MR) is 171 cm³/mol. The summed E-state index contributed by atoms with van der Waals surface area (Å²) in [5.74, 6) is 1.34. The number of carboxylic acids is 1. The zero-order valence-corrected chi connectivity index (χ0v) is 25.3. The number of aromatic nitrogens is 1. The predicted octanol–water partition coefficient (Wildman–Crippen LogP) is 7.06. The van der Waals surface area contributed by atoms with Crippen LogP contribution in [-0.4, -0.2) is 52.9 Å². The van der Waals surface area contributed by atoms with Crippen LogP contribution in [0.5, 0.6) is 11.6 Å². The maximum atomic E-state index is 10.8. The van der Waals surface area contributed by atoms with Crippen LogP contribution in [0, 0.1) is 5.92 Å². The van der Waals surface area contributed by atoms with Gasteiger partial charge >= 0.3 is 5.97 Å². The van der Waals surface area contributed by atoms with E-state index in [1.807, 2.05) is 48.5 Å². The molecule has 2 fully saturated rings. The first-order valence-electron chi connectivity index (χ1n) is 15.9. The topological polar surface area (TPSA) is 81.1 Å². The fraction of sp³-hybridized carbons (Fsp3) is 0.405. The summed E-state index contributed by atoms with van der Waals surface area (Å²) >= 11 is 0. The minimum atomic E-state index is -0.779. The molecule has 44 heavy (non-hydrogen) atoms. The maximum absolute atomic E-state index is 10.8. The summed E-state index contributed by atoms with van der Waals surface area (Å²) < 4.78 is 18.4. The summed E-state index contributed by atoms with van der Waals surface area (Å²) in [6, 6.07) is 28.6. The van der Waals surface area contributed by atoms with Crippen molar-refractivity contribution in [2.24, 2.45) is 5.92 Å². The first-order chi connectivity index (χ1) is 21.5. The number of aryl methyl sites for hydroxylation is 1. The number of likely N-dealkylation sites (tertiary alicyclic amines) is 1. The number of aliphatic carboxylic acids is 1. The Morgan fingerprint density at radius 2 is 1.66 bits per heavy atom. The monoisotopic (exact) mass is 594 g/mol. The van der Waals surface area contributed by atoms with Crippen molar-refractivity contribution in [2.75, 3.05) is 26.3 Å². The summed E-state index contributed by atoms with van der Waals surface area (Å²) in [5, 5.41) is 9.98. The lowest BCUT2D eigenvalue weighted by Crippen LogP contribution is -2.49. The van der Waals surface area contributed by atoms with Gasteiger partial charge in [0.1, 0.15) is 12.4 Å². The van der Waals surface area contributed by atoms with Crippen molar-refractivity contribution in [3.63, 3.8) is 0 Å². The molecule has 1 unspecified atom stereocenters. The van der Waals surface area contributed by atoms with Crippen molar-refractivity contribution in [2.45, 2.75) is 63.7 Å². The number of benzene rings is 3. The fourth-order valence-corrected chi connectivity index (χ4v) is 6.47. The van der Waals surface area contributed by atoms with E-state index in [-0.39, 0.29) is 12.0 Å². The van der Waals surface area contributed by atoms with Crippen molar-refractivity contribution >= 4 is 16.9 Å². The molecule has 0 bridgehead atoms. The summed E-state index contributed by atoms with van der Waals surface area (Å²) in [7, 11) is 0. The molecule has 2 aliphatic heterocycles. The number of piperidine rings is 1. The lowest BCUT2D eigenvalue weighted by atomic mass is 9.78. The first-order valence-corrected chi connectivity index (χ1v) is 15.9. The van der Waals surface area contributed by atoms with Crippen LogP contribution in [0.3, 0.4) is 0 Å². The van der Waals surface area contributed by atoms with Gasteiger partial charge in [-0.25, -0.2) is 4.98 Å². The minimum Gasteiger partial charge on any atom is -0.489 e. The van der Waals surface area contributed by atoms with Gasteiger partial charge in [-0.3, -0.25) is 9.69 Å². The Bertz CT molecular complexity index is 1510. The molecular weight excluding hydrogens is 552 g/mol. The minimum absolute atomic E-state index is 0.0102. The van der Waals surface area contributed by atoms with Crippen LogP contribution in [-0.2, 0) is 29.1 Å². The Balaban J connectivity index is 0.913. The molecule has 7 heteroatoms. The van der Waals surface area contributed by atoms with E-state index in [1.54, 1.807) is 0 Å². The van der Waals surface area contributed by atoms with Gasteiger partial charge in [0.05, 0.1) is 17.7 Å². The average Bonchev–Trinajstić information content (AvgIpc) is 3.05. The quantitative estimate of drug-likeness (QED) is 0.188. The normalized spacial score (nSPS) is 18.3. The van der Waals surface area contributed by atoms with Gasteiger partial charge in [-0.15, -0.1) is 0 Å². The first kappa shape index (κ1) is 30.1. The molecular formula is C37H42N2O5. The molecule has 7 nitrogen and oxygen atoms in total. The number of hydrogen-bond acceptors (Lipinski definition) is 6. The molecule has 0 saturated carbocycles. The Kier molecular flexibility index (Phi) is 9.73. The molecule has 4 aromatic rings. The van der Waals surface area contributed by atoms with E-state index in [0.29, 0.717) is 31.4 Å². The Morgan fingerprint density at radius 1 is 0.909 bits per heavy atom. The van der Waals surface area contributed by atoms with Crippen molar-refractivity contribution in [3.8, 4) is 11.6 Å². The average molecular weight is 595 g/mol. The van der Waals surface area contributed by atoms with Crippen LogP contribution in [0.2, 0.25) is 0 Å². The van der Waals surface area contributed by atoms with Gasteiger partial charge in [0.25, 0.3) is 0 Å². The van der Waals surface area contributed by atoms with Crippen LogP contribution < -0.4 is 9.47 Å². The van der Waals surface area contributed by atoms with Gasteiger partial charge in [0.2, 0.25) is 5.88 Å². The molecule has 3 heterocycles. The zero-order valence-electron chi connectivity index (χ0n) is 25.3. The molecule has 0 aliphatic carbocycles. The van der Waals surface area contributed by atoms with Gasteiger partial charge < -0.3 is 19.3 Å². The van der Waals surface area contributed by atoms with Crippen LogP contribution in [0.1, 0.15) is 55.2 Å². The Labute approximate surface area is 259 Å². The number of fused-ring (bicyclic) bond motifs is 1. The molecule has 1 aromatic heterocycles. The third kappa shape index (κ3) is 8.16. The molecule has 3 aromatic carbocycles. The van der Waals surface area contributed by atoms with E-state index in [1.165, 1.54) is 5.56 Å². The molecule has 1 spiro atoms. The van der Waals surface area contributed by atoms with Gasteiger partial charge in [-0.05, 0) is 85.4 Å². The van der Waals surface area contributed by atoms with Crippen LogP contribution in [0.15, 0.2) is 84.9 Å². The SMILES string of the molecule is O=C(O)CCc1ccc(OCc2ccc(CN3CCC4(CC3)CC(CCOc3ccc5ccccc5n3)CCO4)cc2)cc1. The fourth-order valence-electron chi connectivity index (χ4n) is 6.47. The van der Waals surface area contributed by atoms with Gasteiger partial charge in [-0.1, -0.05) is 54.6 Å². The van der Waals surface area contributed by atoms with E-state index in [0.717, 1.165) is 86.1 Å². The van der Waals surface area contributed by atoms with Crippen molar-refractivity contribution in [3.05, 3.63) is 102 Å². The third-order valence-corrected chi connectivity index (χ3v) is 9.10. The second-order valence-corrected chi connectivity index (χ2v) is 12.3. The smallest absolute Gasteiger partial charge is 0.303 e. The standard InChI is InChI=1S/C37H42N2O5/c40-36(41)16-11-28-9-13-33(14-10-28)43-27-31-7-5-30(6-8-31)26-39-21-19-37(20-22-39)25-29(18-24-44-37)17-23-42-35-15-12-32-3-1-2-4-34(32)38-35/h1-10,12-15,29H,11,16-27H2,(H,40,41). The highest BCUT2D eigenvalue weighted by Crippen LogP contribution is 2.39. The number of rotatable bonds is 12. The highest BCUT2D eigenvalue weighted by molar-refractivity contribution is 5.78. The highest BCUT2D eigenvalue weighted by Gasteiger charge is 2.40. The van der Waals surface area contributed by atoms with E-state index in [2.05, 4.69) is 46.3 Å². The molecule has 0 amide bonds. The number of ether oxygens (including phenoxy) is 3. The number of carboxylic acid groups (broad SMARTS) is 1. The van der Waals surface area contributed by atoms with E-state index < -0.39 is 5.97 Å². The van der Waals surface area contributed by atoms with E-state index >= 15 is 0 Å². The summed E-state index contributed by atoms with van der Waals surface area (Å²) in [5.41, 5.74) is 4.43. The van der Waals surface area contributed by atoms with Crippen molar-refractivity contribution in [1.82, 2.24) is 9.88 Å². The van der Waals surface area contributed by atoms with E-state index in [9.17, 15) is 4.79 Å². The maximum Gasteiger partial charge on any atom is 0.303 e. The van der Waals surface area contributed by atoms with Gasteiger partial charge in [0, 0.05) is 44.1 Å². The molecule has 6 rings (SSSR count). The summed E-state index contributed by atoms with van der Waals surface area (Å²) in [6.07, 6.45) is 6.10. The number of nitrogens with zero attached hydrogens (tertiary/aromatic N) is 2. The lowest BCUT2D eigenvalue weighted by Gasteiger charge is -2.46. The second-order valence-electron chi connectivity index (χ2n) is 12.3. The zero-order chi connectivity index (χ0) is 30.2. The van der Waals surface area contributed by atoms with Crippen molar-refractivity contribution < 1.29 is 24.1 Å². The largest absolute Gasteiger partial charge is 0.489 e. The number of pyridine rings is 1. The van der Waals surface area contributed by atoms with Crippen molar-refractivity contribution in [1.29, 1.82) is 0 Å². The lowest BCUT2D eigenvalue weighted by molar-refractivity contribution is -0.137. The number of para-hydroxylation sites is 1. The Hall–Kier alpha value is -3.94. The summed E-state index contributed by atoms with van der Waals surface area (Å²) in [4.78, 5) is 18.0. The van der Waals surface area contributed by atoms with Gasteiger partial charge in [-0.2, -0.15) is 0 Å². The Morgan fingerprint density at radius 3 is 2.45 bits per heavy atom. The molecule has 230 valence electrons. The molecule has 1 atom stereocenters. The molecule has 2 saturated heterocycles. The number of hydrogen-bond donors (Lipinski definition) is 1. The molecule has 1 N–H and O–H groups in total. The van der Waals surface area contributed by atoms with Crippen LogP contribution in [0.4, 0.5) is 0 Å². The highest BCUT2D eigenvalue weighted by atomic mass is 16.5. The molecule has 2 aliphatic rings. The van der Waals surface area contributed by atoms with E-state index in [4.69, 9.17) is 19.3 Å². The van der Waals surface area contributed by atoms with Crippen LogP contribution in [0.25, 0.3) is 10.9 Å². The number of carbonyl (C=O) groups is 1. The van der Waals surface area contributed by atoms with Crippen LogP contribution >= 0.6 is 0 Å². The van der Waals surface area contributed by atoms with Gasteiger partial charge in [0.15, 0.2) is 0 Å². The molecule has 0 radical (unpaired) electrons. The third-order valence-electron chi connectivity index (χ3n) is 9.10.